The van der Waals surface area contributed by atoms with Gasteiger partial charge < -0.3 is 24.4 Å². The smallest absolute Gasteiger partial charge is 0.296 e. The number of aliphatic hydroxyl groups is 1. The van der Waals surface area contributed by atoms with Gasteiger partial charge in [-0.2, -0.15) is 0 Å². The van der Waals surface area contributed by atoms with Gasteiger partial charge in [0.15, 0.2) is 5.54 Å². The van der Waals surface area contributed by atoms with Crippen LogP contribution in [0.25, 0.3) is 5.76 Å². The second-order valence-corrected chi connectivity index (χ2v) is 9.72. The summed E-state index contributed by atoms with van der Waals surface area (Å²) in [4.78, 5) is 46.8. The van der Waals surface area contributed by atoms with E-state index < -0.39 is 23.1 Å². The lowest BCUT2D eigenvalue weighted by Crippen LogP contribution is -2.52. The van der Waals surface area contributed by atoms with Crippen molar-refractivity contribution < 1.29 is 29.0 Å². The summed E-state index contributed by atoms with van der Waals surface area (Å²) in [6.07, 6.45) is 2.18. The Kier molecular flexibility index (Phi) is 7.54. The Balaban J connectivity index is 1.60. The first-order valence-electron chi connectivity index (χ1n) is 13.3. The number of fused-ring (bicyclic) bond motifs is 2. The molecule has 0 radical (unpaired) electrons. The van der Waals surface area contributed by atoms with Crippen molar-refractivity contribution in [2.45, 2.75) is 18.9 Å². The van der Waals surface area contributed by atoms with Crippen LogP contribution in [0.5, 0.6) is 5.75 Å². The second kappa shape index (κ2) is 11.0. The van der Waals surface area contributed by atoms with E-state index in [-0.39, 0.29) is 17.9 Å². The molecule has 2 amide bonds. The third kappa shape index (κ3) is 4.41. The summed E-state index contributed by atoms with van der Waals surface area (Å²) in [6, 6.07) is 13.7. The van der Waals surface area contributed by atoms with Gasteiger partial charge in [0.1, 0.15) is 18.1 Å². The first-order chi connectivity index (χ1) is 18.9. The van der Waals surface area contributed by atoms with Crippen LogP contribution in [0.1, 0.15) is 24.5 Å². The monoisotopic (exact) mass is 531 g/mol. The van der Waals surface area contributed by atoms with Gasteiger partial charge in [-0.15, -0.1) is 0 Å². The van der Waals surface area contributed by atoms with E-state index in [0.717, 1.165) is 13.1 Å². The molecule has 0 aliphatic carbocycles. The lowest BCUT2D eigenvalue weighted by atomic mass is 9.82. The Morgan fingerprint density at radius 1 is 1.08 bits per heavy atom. The molecule has 39 heavy (non-hydrogen) atoms. The van der Waals surface area contributed by atoms with E-state index in [1.165, 1.54) is 4.90 Å². The maximum atomic E-state index is 14.3. The summed E-state index contributed by atoms with van der Waals surface area (Å²) in [6.45, 7) is 9.93. The number of para-hydroxylation sites is 1. The molecule has 0 saturated carbocycles. The molecule has 1 spiro atoms. The number of hydrogen-bond acceptors (Lipinski definition) is 7. The Hall–Kier alpha value is -3.95. The minimum atomic E-state index is -1.74. The first kappa shape index (κ1) is 26.6. The van der Waals surface area contributed by atoms with Crippen molar-refractivity contribution in [2.75, 3.05) is 57.4 Å². The molecular formula is C30H33N3O6. The molecule has 0 aromatic heterocycles. The van der Waals surface area contributed by atoms with Crippen LogP contribution in [0.2, 0.25) is 0 Å². The Labute approximate surface area is 227 Å². The predicted octanol–water partition coefficient (Wildman–Crippen LogP) is 2.92. The molecule has 1 atom stereocenters. The zero-order chi connectivity index (χ0) is 27.6. The van der Waals surface area contributed by atoms with Crippen LogP contribution in [-0.4, -0.2) is 85.0 Å². The molecule has 204 valence electrons. The van der Waals surface area contributed by atoms with Gasteiger partial charge in [-0.1, -0.05) is 30.9 Å². The minimum absolute atomic E-state index is 0.185. The molecule has 0 bridgehead atoms. The molecule has 9 nitrogen and oxygen atoms in total. The number of hydrogen-bond donors (Lipinski definition) is 1. The molecule has 5 rings (SSSR count). The molecule has 1 unspecified atom stereocenters. The number of likely N-dealkylation sites (N-methyl/N-ethyl adjacent to an activating group) is 1. The van der Waals surface area contributed by atoms with Crippen molar-refractivity contribution in [3.8, 4) is 5.75 Å². The van der Waals surface area contributed by atoms with Crippen molar-refractivity contribution in [3.05, 3.63) is 77.9 Å². The third-order valence-electron chi connectivity index (χ3n) is 7.58. The van der Waals surface area contributed by atoms with Gasteiger partial charge in [0.25, 0.3) is 17.6 Å². The number of amides is 2. The zero-order valence-electron chi connectivity index (χ0n) is 22.1. The van der Waals surface area contributed by atoms with E-state index in [0.29, 0.717) is 61.9 Å². The van der Waals surface area contributed by atoms with Gasteiger partial charge in [-0.3, -0.25) is 19.3 Å². The van der Waals surface area contributed by atoms with Crippen molar-refractivity contribution >= 4 is 29.0 Å². The number of ketones is 1. The van der Waals surface area contributed by atoms with Crippen molar-refractivity contribution in [3.63, 3.8) is 0 Å². The number of carbonyl (C=O) groups is 3. The van der Waals surface area contributed by atoms with Gasteiger partial charge in [0.2, 0.25) is 0 Å². The van der Waals surface area contributed by atoms with Gasteiger partial charge in [0.05, 0.1) is 24.5 Å². The van der Waals surface area contributed by atoms with E-state index in [1.54, 1.807) is 47.4 Å². The van der Waals surface area contributed by atoms with E-state index in [1.807, 2.05) is 19.1 Å². The quantitative estimate of drug-likeness (QED) is 0.230. The number of benzene rings is 2. The molecule has 9 heteroatoms. The summed E-state index contributed by atoms with van der Waals surface area (Å²) in [5.74, 6) is -1.90. The molecule has 3 heterocycles. The Bertz CT molecular complexity index is 1310. The minimum Gasteiger partial charge on any atom is -0.507 e. The van der Waals surface area contributed by atoms with Crippen LogP contribution in [-0.2, 0) is 24.7 Å². The molecule has 2 aromatic rings. The molecule has 2 saturated heterocycles. The van der Waals surface area contributed by atoms with Crippen LogP contribution < -0.4 is 9.64 Å². The van der Waals surface area contributed by atoms with Crippen LogP contribution in [0.4, 0.5) is 5.69 Å². The van der Waals surface area contributed by atoms with Crippen LogP contribution in [0, 0.1) is 0 Å². The number of morpholine rings is 1. The standard InChI is InChI=1S/C30H33N3O6/c1-3-18-39-22-12-10-21(11-13-22)26(34)25-27(35)28(36)33(15-7-14-31-16-19-38-20-17-31)30(25)23-8-5-6-9-24(23)32(4-2)29(30)37/h3,5-6,8-13,34H,1,4,7,14-20H2,2H3/b26-25+. The fourth-order valence-electron chi connectivity index (χ4n) is 5.77. The Morgan fingerprint density at radius 2 is 1.79 bits per heavy atom. The van der Waals surface area contributed by atoms with E-state index in [9.17, 15) is 19.5 Å². The number of ether oxygens (including phenoxy) is 2. The lowest BCUT2D eigenvalue weighted by Gasteiger charge is -2.35. The van der Waals surface area contributed by atoms with Gasteiger partial charge >= 0.3 is 0 Å². The summed E-state index contributed by atoms with van der Waals surface area (Å²) in [5.41, 5.74) is -0.480. The highest BCUT2D eigenvalue weighted by Gasteiger charge is 2.66. The number of carbonyl (C=O) groups excluding carboxylic acids is 3. The normalized spacial score (nSPS) is 22.5. The van der Waals surface area contributed by atoms with E-state index in [4.69, 9.17) is 9.47 Å². The molecule has 2 aromatic carbocycles. The fourth-order valence-corrected chi connectivity index (χ4v) is 5.77. The molecule has 3 aliphatic heterocycles. The highest BCUT2D eigenvalue weighted by atomic mass is 16.5. The molecule has 3 aliphatic rings. The largest absolute Gasteiger partial charge is 0.507 e. The first-order valence-corrected chi connectivity index (χ1v) is 13.3. The summed E-state index contributed by atoms with van der Waals surface area (Å²) < 4.78 is 11.0. The zero-order valence-corrected chi connectivity index (χ0v) is 22.1. The summed E-state index contributed by atoms with van der Waals surface area (Å²) >= 11 is 0. The maximum absolute atomic E-state index is 14.3. The SMILES string of the molecule is C=CCOc1ccc(/C(O)=C2/C(=O)C(=O)N(CCCN3CCOCC3)C23C(=O)N(CC)c2ccccc23)cc1. The van der Waals surface area contributed by atoms with Crippen molar-refractivity contribution in [1.82, 2.24) is 9.80 Å². The second-order valence-electron chi connectivity index (χ2n) is 9.72. The molecule has 2 fully saturated rings. The van der Waals surface area contributed by atoms with Crippen LogP contribution in [0.3, 0.4) is 0 Å². The number of nitrogens with zero attached hydrogens (tertiary/aromatic N) is 3. The third-order valence-corrected chi connectivity index (χ3v) is 7.58. The van der Waals surface area contributed by atoms with Gasteiger partial charge in [-0.05, 0) is 43.7 Å². The van der Waals surface area contributed by atoms with E-state index in [2.05, 4.69) is 11.5 Å². The van der Waals surface area contributed by atoms with Crippen LogP contribution >= 0.6 is 0 Å². The van der Waals surface area contributed by atoms with Gasteiger partial charge in [0, 0.05) is 43.9 Å². The van der Waals surface area contributed by atoms with Crippen molar-refractivity contribution in [2.24, 2.45) is 0 Å². The lowest BCUT2D eigenvalue weighted by molar-refractivity contribution is -0.143. The highest BCUT2D eigenvalue weighted by molar-refractivity contribution is 6.50. The van der Waals surface area contributed by atoms with Crippen LogP contribution in [0.15, 0.2) is 66.8 Å². The predicted molar refractivity (Wildman–Crippen MR) is 146 cm³/mol. The number of likely N-dealkylation sites (tertiary alicyclic amines) is 1. The van der Waals surface area contributed by atoms with Gasteiger partial charge in [-0.25, -0.2) is 0 Å². The average molecular weight is 532 g/mol. The Morgan fingerprint density at radius 3 is 2.49 bits per heavy atom. The fraction of sp³-hybridized carbons (Fsp3) is 0.367. The molecule has 1 N–H and O–H groups in total. The average Bonchev–Trinajstić information content (AvgIpc) is 3.35. The van der Waals surface area contributed by atoms with E-state index >= 15 is 0 Å². The van der Waals surface area contributed by atoms with Crippen molar-refractivity contribution in [1.29, 1.82) is 0 Å². The molecular weight excluding hydrogens is 498 g/mol. The number of aliphatic hydroxyl groups excluding tert-OH is 1. The number of rotatable bonds is 9. The number of anilines is 1. The summed E-state index contributed by atoms with van der Waals surface area (Å²) in [7, 11) is 0. The summed E-state index contributed by atoms with van der Waals surface area (Å²) in [5, 5.41) is 11.6. The highest BCUT2D eigenvalue weighted by Crippen LogP contribution is 2.53. The topological polar surface area (TPSA) is 99.6 Å². The number of Topliss-reactive ketones (excluding diaryl/α,β-unsaturated/α-hetero) is 1. The maximum Gasteiger partial charge on any atom is 0.296 e.